The van der Waals surface area contributed by atoms with Crippen LogP contribution in [0.25, 0.3) is 6.08 Å². The van der Waals surface area contributed by atoms with Crippen LogP contribution in [0.15, 0.2) is 104 Å². The lowest BCUT2D eigenvalue weighted by molar-refractivity contribution is -0.387. The van der Waals surface area contributed by atoms with Gasteiger partial charge in [-0.2, -0.15) is 0 Å². The lowest BCUT2D eigenvalue weighted by Crippen LogP contribution is -2.43. The summed E-state index contributed by atoms with van der Waals surface area (Å²) in [6, 6.07) is 20.7. The fourth-order valence-electron chi connectivity index (χ4n) is 4.86. The van der Waals surface area contributed by atoms with Crippen LogP contribution in [0.2, 0.25) is 5.02 Å². The first-order chi connectivity index (χ1) is 20.2. The molecule has 0 unspecified atom stereocenters. The Hall–Kier alpha value is -3.99. The van der Waals surface area contributed by atoms with Gasteiger partial charge in [0.2, 0.25) is 0 Å². The molecule has 3 aromatic carbocycles. The summed E-state index contributed by atoms with van der Waals surface area (Å²) in [5, 5.41) is 12.5. The number of halogens is 1. The number of rotatable bonds is 8. The van der Waals surface area contributed by atoms with E-state index in [9.17, 15) is 19.7 Å². The Labute approximate surface area is 255 Å². The number of nitrogens with zero attached hydrogens (tertiary/aromatic N) is 4. The van der Waals surface area contributed by atoms with Gasteiger partial charge in [-0.3, -0.25) is 24.3 Å². The van der Waals surface area contributed by atoms with Crippen LogP contribution < -0.4 is 14.9 Å². The third-order valence-electron chi connectivity index (χ3n) is 6.94. The Morgan fingerprint density at radius 3 is 2.45 bits per heavy atom. The normalized spacial score (nSPS) is 14.9. The van der Waals surface area contributed by atoms with Crippen molar-refractivity contribution in [3.8, 4) is 0 Å². The molecule has 1 aliphatic heterocycles. The third kappa shape index (κ3) is 5.83. The molecule has 1 atom stereocenters. The molecule has 5 rings (SSSR count). The lowest BCUT2D eigenvalue weighted by Gasteiger charge is -2.29. The molecule has 2 heterocycles. The van der Waals surface area contributed by atoms with Gasteiger partial charge in [-0.1, -0.05) is 71.1 Å². The van der Waals surface area contributed by atoms with Crippen molar-refractivity contribution in [1.82, 2.24) is 9.47 Å². The smallest absolute Gasteiger partial charge is 0.283 e. The van der Waals surface area contributed by atoms with Crippen molar-refractivity contribution in [2.24, 2.45) is 4.99 Å². The van der Waals surface area contributed by atoms with Crippen molar-refractivity contribution in [3.63, 3.8) is 0 Å². The molecule has 214 valence electrons. The zero-order chi connectivity index (χ0) is 30.0. The number of nitro benzene ring substituents is 1. The van der Waals surface area contributed by atoms with Gasteiger partial charge in [-0.05, 0) is 68.3 Å². The minimum Gasteiger partial charge on any atom is -0.339 e. The van der Waals surface area contributed by atoms with Gasteiger partial charge in [-0.15, -0.1) is 0 Å². The molecule has 0 saturated carbocycles. The van der Waals surface area contributed by atoms with E-state index in [1.54, 1.807) is 42.2 Å². The summed E-state index contributed by atoms with van der Waals surface area (Å²) in [5.41, 5.74) is 1.83. The number of allylic oxidation sites excluding steroid dienone is 1. The Balaban J connectivity index is 1.63. The first-order valence-corrected chi connectivity index (χ1v) is 15.3. The minimum atomic E-state index is -0.701. The van der Waals surface area contributed by atoms with Crippen molar-refractivity contribution in [2.45, 2.75) is 36.6 Å². The minimum absolute atomic E-state index is 0.0487. The first-order valence-electron chi connectivity index (χ1n) is 13.3. The van der Waals surface area contributed by atoms with Gasteiger partial charge in [0.25, 0.3) is 17.2 Å². The number of likely N-dealkylation sites (N-methyl/N-ethyl adjacent to an activating group) is 1. The lowest BCUT2D eigenvalue weighted by atomic mass is 9.94. The number of amides is 1. The number of hydrogen-bond donors (Lipinski definition) is 0. The van der Waals surface area contributed by atoms with Gasteiger partial charge in [-0.25, -0.2) is 4.99 Å². The van der Waals surface area contributed by atoms with Gasteiger partial charge in [0.1, 0.15) is 0 Å². The molecular formula is C31H27ClN4O4S2. The molecule has 0 spiro atoms. The van der Waals surface area contributed by atoms with E-state index < -0.39 is 11.0 Å². The third-order valence-corrected chi connectivity index (χ3v) is 9.24. The van der Waals surface area contributed by atoms with Crippen molar-refractivity contribution < 1.29 is 9.72 Å². The molecule has 0 aliphatic carbocycles. The second-order valence-corrected chi connectivity index (χ2v) is 12.1. The first kappa shape index (κ1) is 29.5. The van der Waals surface area contributed by atoms with E-state index in [4.69, 9.17) is 11.6 Å². The van der Waals surface area contributed by atoms with Gasteiger partial charge >= 0.3 is 0 Å². The van der Waals surface area contributed by atoms with Crippen LogP contribution in [0.4, 0.5) is 5.69 Å². The average Bonchev–Trinajstić information content (AvgIpc) is 3.28. The van der Waals surface area contributed by atoms with E-state index in [1.165, 1.54) is 33.7 Å². The summed E-state index contributed by atoms with van der Waals surface area (Å²) in [4.78, 5) is 47.4. The SMILES string of the molecule is CCN(CC)C(=O)C1=C(C)N=c2s/c(=C\c3ccc(Sc4ccccc4)c([N+](=O)[O-])c3)c(=O)n2[C@H]1c1ccc(Cl)cc1. The molecule has 42 heavy (non-hydrogen) atoms. The van der Waals surface area contributed by atoms with Crippen LogP contribution in [0.3, 0.4) is 0 Å². The fraction of sp³-hybridized carbons (Fsp3) is 0.194. The van der Waals surface area contributed by atoms with Gasteiger partial charge in [0.05, 0.1) is 31.7 Å². The maximum Gasteiger partial charge on any atom is 0.283 e. The van der Waals surface area contributed by atoms with Crippen molar-refractivity contribution in [3.05, 3.63) is 130 Å². The highest BCUT2D eigenvalue weighted by atomic mass is 35.5. The van der Waals surface area contributed by atoms with E-state index >= 15 is 0 Å². The largest absolute Gasteiger partial charge is 0.339 e. The number of carbonyl (C=O) groups is 1. The molecule has 0 N–H and O–H groups in total. The summed E-state index contributed by atoms with van der Waals surface area (Å²) < 4.78 is 1.90. The van der Waals surface area contributed by atoms with E-state index in [2.05, 4.69) is 4.99 Å². The van der Waals surface area contributed by atoms with E-state index in [0.29, 0.717) is 49.2 Å². The maximum atomic E-state index is 13.9. The van der Waals surface area contributed by atoms with Gasteiger partial charge < -0.3 is 4.90 Å². The Kier molecular flexibility index (Phi) is 8.77. The number of benzene rings is 3. The molecule has 0 saturated heterocycles. The van der Waals surface area contributed by atoms with Crippen LogP contribution in [-0.2, 0) is 4.79 Å². The van der Waals surface area contributed by atoms with Crippen molar-refractivity contribution in [2.75, 3.05) is 13.1 Å². The predicted molar refractivity (Wildman–Crippen MR) is 167 cm³/mol. The molecule has 0 bridgehead atoms. The Bertz CT molecular complexity index is 1880. The van der Waals surface area contributed by atoms with Crippen molar-refractivity contribution >= 4 is 52.4 Å². The van der Waals surface area contributed by atoms with Crippen LogP contribution in [0.1, 0.15) is 37.9 Å². The quantitative estimate of drug-likeness (QED) is 0.183. The summed E-state index contributed by atoms with van der Waals surface area (Å²) in [7, 11) is 0. The number of hydrogen-bond acceptors (Lipinski definition) is 7. The van der Waals surface area contributed by atoms with Gasteiger partial charge in [0, 0.05) is 29.1 Å². The van der Waals surface area contributed by atoms with Crippen LogP contribution in [-0.4, -0.2) is 33.4 Å². The monoisotopic (exact) mass is 618 g/mol. The summed E-state index contributed by atoms with van der Waals surface area (Å²) in [5.74, 6) is -0.183. The number of nitro groups is 1. The Morgan fingerprint density at radius 2 is 1.81 bits per heavy atom. The fourth-order valence-corrected chi connectivity index (χ4v) is 6.95. The zero-order valence-corrected chi connectivity index (χ0v) is 25.5. The highest BCUT2D eigenvalue weighted by Gasteiger charge is 2.34. The van der Waals surface area contributed by atoms with Gasteiger partial charge in [0.15, 0.2) is 4.80 Å². The molecule has 0 fully saturated rings. The number of aromatic nitrogens is 1. The molecule has 4 aromatic rings. The molecular weight excluding hydrogens is 592 g/mol. The van der Waals surface area contributed by atoms with Crippen LogP contribution >= 0.6 is 34.7 Å². The van der Waals surface area contributed by atoms with E-state index in [1.807, 2.05) is 56.3 Å². The highest BCUT2D eigenvalue weighted by molar-refractivity contribution is 7.99. The molecule has 8 nitrogen and oxygen atoms in total. The second-order valence-electron chi connectivity index (χ2n) is 9.51. The average molecular weight is 619 g/mol. The predicted octanol–water partition coefficient (Wildman–Crippen LogP) is 5.82. The molecule has 1 aliphatic rings. The Morgan fingerprint density at radius 1 is 1.12 bits per heavy atom. The zero-order valence-electron chi connectivity index (χ0n) is 23.1. The highest BCUT2D eigenvalue weighted by Crippen LogP contribution is 2.35. The molecule has 1 aromatic heterocycles. The number of carbonyl (C=O) groups excluding carboxylic acids is 1. The standard InChI is InChI=1S/C31H27ClN4O4S2/c1-4-34(5-2)30(38)27-19(3)33-31-35(28(27)21-12-14-22(32)15-13-21)29(37)26(42-31)18-20-11-16-25(24(17-20)36(39)40)41-23-9-7-6-8-10-23/h6-18,28H,4-5H2,1-3H3/b26-18-/t28-/m0/s1. The second kappa shape index (κ2) is 12.5. The van der Waals surface area contributed by atoms with Crippen molar-refractivity contribution in [1.29, 1.82) is 0 Å². The van der Waals surface area contributed by atoms with E-state index in [-0.39, 0.29) is 17.2 Å². The number of fused-ring (bicyclic) bond motifs is 1. The maximum absolute atomic E-state index is 13.9. The number of thiazole rings is 1. The summed E-state index contributed by atoms with van der Waals surface area (Å²) in [6.07, 6.45) is 1.64. The summed E-state index contributed by atoms with van der Waals surface area (Å²) in [6.45, 7) is 6.63. The topological polar surface area (TPSA) is 97.8 Å². The van der Waals surface area contributed by atoms with E-state index in [0.717, 1.165) is 10.5 Å². The molecule has 1 amide bonds. The summed E-state index contributed by atoms with van der Waals surface area (Å²) >= 11 is 8.66. The van der Waals surface area contributed by atoms with Crippen LogP contribution in [0.5, 0.6) is 0 Å². The molecule has 11 heteroatoms. The van der Waals surface area contributed by atoms with Crippen LogP contribution in [0, 0.1) is 10.1 Å². The molecule has 0 radical (unpaired) electrons.